The van der Waals surface area contributed by atoms with Crippen molar-refractivity contribution < 1.29 is 9.72 Å². The Morgan fingerprint density at radius 2 is 2.11 bits per heavy atom. The number of nitro groups is 1. The van der Waals surface area contributed by atoms with Crippen molar-refractivity contribution in [2.75, 3.05) is 13.6 Å². The molecule has 5 nitrogen and oxygen atoms in total. The number of carbonyl (C=O) groups excluding carboxylic acids is 1. The van der Waals surface area contributed by atoms with Crippen molar-refractivity contribution in [3.8, 4) is 0 Å². The van der Waals surface area contributed by atoms with Gasteiger partial charge in [0.15, 0.2) is 0 Å². The van der Waals surface area contributed by atoms with Crippen LogP contribution in [0.5, 0.6) is 0 Å². The number of hydrogen-bond donors (Lipinski definition) is 0. The Morgan fingerprint density at radius 3 is 2.61 bits per heavy atom. The fraction of sp³-hybridized carbons (Fsp3) is 0.417. The number of carbonyl (C=O) groups is 1. The third-order valence-electron chi connectivity index (χ3n) is 2.39. The highest BCUT2D eigenvalue weighted by atomic mass is 35.5. The smallest absolute Gasteiger partial charge is 0.288 e. The first-order chi connectivity index (χ1) is 8.34. The molecule has 0 atom stereocenters. The van der Waals surface area contributed by atoms with E-state index in [0.717, 1.165) is 0 Å². The summed E-state index contributed by atoms with van der Waals surface area (Å²) in [5, 5.41) is 10.6. The topological polar surface area (TPSA) is 63.5 Å². The third kappa shape index (κ3) is 3.20. The first kappa shape index (κ1) is 14.4. The van der Waals surface area contributed by atoms with Crippen LogP contribution in [0.4, 0.5) is 5.69 Å². The second-order valence-electron chi connectivity index (χ2n) is 4.48. The summed E-state index contributed by atoms with van der Waals surface area (Å²) in [6.07, 6.45) is 0. The molecular weight excluding hydrogens is 256 g/mol. The number of benzene rings is 1. The number of hydrogen-bond acceptors (Lipinski definition) is 3. The molecule has 98 valence electrons. The monoisotopic (exact) mass is 270 g/mol. The lowest BCUT2D eigenvalue weighted by molar-refractivity contribution is -0.384. The summed E-state index contributed by atoms with van der Waals surface area (Å²) < 4.78 is 0. The van der Waals surface area contributed by atoms with Crippen molar-refractivity contribution in [2.45, 2.75) is 13.8 Å². The van der Waals surface area contributed by atoms with Gasteiger partial charge in [0.25, 0.3) is 11.6 Å². The summed E-state index contributed by atoms with van der Waals surface area (Å²) in [5.74, 6) is 0.00817. The normalized spacial score (nSPS) is 10.5. The molecular formula is C12H15ClN2O3. The largest absolute Gasteiger partial charge is 0.341 e. The molecule has 1 aromatic carbocycles. The SMILES string of the molecule is CC(C)CN(C)C(=O)c1cccc([N+](=O)[O-])c1Cl. The van der Waals surface area contributed by atoms with Crippen molar-refractivity contribution in [3.63, 3.8) is 0 Å². The lowest BCUT2D eigenvalue weighted by atomic mass is 10.1. The quantitative estimate of drug-likeness (QED) is 0.624. The predicted octanol–water partition coefficient (Wildman–Crippen LogP) is 2.98. The lowest BCUT2D eigenvalue weighted by Gasteiger charge is -2.19. The van der Waals surface area contributed by atoms with Crippen molar-refractivity contribution in [1.29, 1.82) is 0 Å². The van der Waals surface area contributed by atoms with Crippen LogP contribution in [0.1, 0.15) is 24.2 Å². The molecule has 1 rings (SSSR count). The van der Waals surface area contributed by atoms with Crippen LogP contribution in [0.2, 0.25) is 5.02 Å². The van der Waals surface area contributed by atoms with Gasteiger partial charge in [-0.1, -0.05) is 31.5 Å². The molecule has 0 saturated carbocycles. The molecule has 0 saturated heterocycles. The lowest BCUT2D eigenvalue weighted by Crippen LogP contribution is -2.30. The molecule has 1 amide bonds. The van der Waals surface area contributed by atoms with E-state index < -0.39 is 4.92 Å². The minimum absolute atomic E-state index is 0.108. The first-order valence-electron chi connectivity index (χ1n) is 5.53. The van der Waals surface area contributed by atoms with Gasteiger partial charge in [0, 0.05) is 19.7 Å². The number of amides is 1. The Morgan fingerprint density at radius 1 is 1.50 bits per heavy atom. The maximum absolute atomic E-state index is 12.1. The molecule has 0 spiro atoms. The highest BCUT2D eigenvalue weighted by Crippen LogP contribution is 2.28. The molecule has 0 aromatic heterocycles. The Labute approximate surface area is 110 Å². The number of nitrogens with zero attached hydrogens (tertiary/aromatic N) is 2. The fourth-order valence-corrected chi connectivity index (χ4v) is 1.94. The van der Waals surface area contributed by atoms with Crippen LogP contribution >= 0.6 is 11.6 Å². The first-order valence-corrected chi connectivity index (χ1v) is 5.90. The maximum atomic E-state index is 12.1. The zero-order valence-corrected chi connectivity index (χ0v) is 11.3. The molecule has 0 fully saturated rings. The van der Waals surface area contributed by atoms with Crippen LogP contribution in [0.25, 0.3) is 0 Å². The standard InChI is InChI=1S/C12H15ClN2O3/c1-8(2)7-14(3)12(16)9-5-4-6-10(11(9)13)15(17)18/h4-6,8H,7H2,1-3H3. The minimum atomic E-state index is -0.596. The van der Waals surface area contributed by atoms with Crippen LogP contribution in [0, 0.1) is 16.0 Å². The average Bonchev–Trinajstić information content (AvgIpc) is 2.27. The highest BCUT2D eigenvalue weighted by Gasteiger charge is 2.22. The summed E-state index contributed by atoms with van der Waals surface area (Å²) in [5.41, 5.74) is -0.0884. The van der Waals surface area contributed by atoms with Gasteiger partial charge in [-0.15, -0.1) is 0 Å². The zero-order valence-electron chi connectivity index (χ0n) is 10.5. The van der Waals surface area contributed by atoms with Gasteiger partial charge in [0.2, 0.25) is 0 Å². The molecule has 0 aliphatic rings. The van der Waals surface area contributed by atoms with Crippen molar-refractivity contribution in [2.24, 2.45) is 5.92 Å². The maximum Gasteiger partial charge on any atom is 0.288 e. The van der Waals surface area contributed by atoms with E-state index in [1.807, 2.05) is 13.8 Å². The number of nitro benzene ring substituents is 1. The van der Waals surface area contributed by atoms with Gasteiger partial charge < -0.3 is 4.90 Å². The predicted molar refractivity (Wildman–Crippen MR) is 69.9 cm³/mol. The Balaban J connectivity index is 3.07. The van der Waals surface area contributed by atoms with E-state index in [0.29, 0.717) is 12.5 Å². The van der Waals surface area contributed by atoms with E-state index in [9.17, 15) is 14.9 Å². The Hall–Kier alpha value is -1.62. The molecule has 0 unspecified atom stereocenters. The number of halogens is 1. The van der Waals surface area contributed by atoms with Gasteiger partial charge >= 0.3 is 0 Å². The molecule has 0 bridgehead atoms. The second-order valence-corrected chi connectivity index (χ2v) is 4.85. The average molecular weight is 271 g/mol. The fourth-order valence-electron chi connectivity index (χ4n) is 1.66. The molecule has 1 aromatic rings. The molecule has 0 radical (unpaired) electrons. The van der Waals surface area contributed by atoms with E-state index >= 15 is 0 Å². The van der Waals surface area contributed by atoms with E-state index in [1.54, 1.807) is 7.05 Å². The van der Waals surface area contributed by atoms with Gasteiger partial charge in [-0.3, -0.25) is 14.9 Å². The zero-order chi connectivity index (χ0) is 13.9. The summed E-state index contributed by atoms with van der Waals surface area (Å²) in [4.78, 5) is 23.7. The summed E-state index contributed by atoms with van der Waals surface area (Å²) in [6.45, 7) is 4.54. The van der Waals surface area contributed by atoms with Crippen molar-refractivity contribution >= 4 is 23.2 Å². The third-order valence-corrected chi connectivity index (χ3v) is 2.79. The highest BCUT2D eigenvalue weighted by molar-refractivity contribution is 6.35. The van der Waals surface area contributed by atoms with Gasteiger partial charge in [-0.05, 0) is 12.0 Å². The molecule has 6 heteroatoms. The summed E-state index contributed by atoms with van der Waals surface area (Å²) >= 11 is 5.89. The summed E-state index contributed by atoms with van der Waals surface area (Å²) in [6, 6.07) is 4.23. The van der Waals surface area contributed by atoms with E-state index in [-0.39, 0.29) is 22.2 Å². The molecule has 0 heterocycles. The van der Waals surface area contributed by atoms with Gasteiger partial charge in [-0.25, -0.2) is 0 Å². The van der Waals surface area contributed by atoms with Crippen molar-refractivity contribution in [3.05, 3.63) is 38.9 Å². The molecule has 18 heavy (non-hydrogen) atoms. The van der Waals surface area contributed by atoms with Crippen LogP contribution in [0.15, 0.2) is 18.2 Å². The Bertz CT molecular complexity index is 474. The molecule has 0 aliphatic heterocycles. The van der Waals surface area contributed by atoms with E-state index in [4.69, 9.17) is 11.6 Å². The Kier molecular flexibility index (Phi) is 4.67. The van der Waals surface area contributed by atoms with Gasteiger partial charge in [0.05, 0.1) is 10.5 Å². The molecule has 0 N–H and O–H groups in total. The second kappa shape index (κ2) is 5.82. The van der Waals surface area contributed by atoms with Crippen LogP contribution in [0.3, 0.4) is 0 Å². The molecule has 0 aliphatic carbocycles. The van der Waals surface area contributed by atoms with Crippen LogP contribution in [-0.4, -0.2) is 29.3 Å². The van der Waals surface area contributed by atoms with Gasteiger partial charge in [0.1, 0.15) is 5.02 Å². The van der Waals surface area contributed by atoms with Crippen LogP contribution < -0.4 is 0 Å². The minimum Gasteiger partial charge on any atom is -0.341 e. The van der Waals surface area contributed by atoms with E-state index in [2.05, 4.69) is 0 Å². The van der Waals surface area contributed by atoms with Crippen molar-refractivity contribution in [1.82, 2.24) is 4.90 Å². The summed E-state index contributed by atoms with van der Waals surface area (Å²) in [7, 11) is 1.65. The number of rotatable bonds is 4. The van der Waals surface area contributed by atoms with Crippen LogP contribution in [-0.2, 0) is 0 Å². The van der Waals surface area contributed by atoms with Gasteiger partial charge in [-0.2, -0.15) is 0 Å². The van der Waals surface area contributed by atoms with E-state index in [1.165, 1.54) is 23.1 Å².